The van der Waals surface area contributed by atoms with Gasteiger partial charge >= 0.3 is 5.97 Å². The van der Waals surface area contributed by atoms with Gasteiger partial charge in [-0.25, -0.2) is 0 Å². The van der Waals surface area contributed by atoms with Gasteiger partial charge in [0, 0.05) is 24.2 Å². The van der Waals surface area contributed by atoms with Gasteiger partial charge in [0.05, 0.1) is 0 Å². The number of carboxylic acid groups (broad SMARTS) is 1. The van der Waals surface area contributed by atoms with E-state index in [-0.39, 0.29) is 25.7 Å². The molecular weight excluding hydrogens is 490 g/mol. The van der Waals surface area contributed by atoms with Crippen molar-refractivity contribution < 1.29 is 24.3 Å². The first kappa shape index (κ1) is 29.4. The summed E-state index contributed by atoms with van der Waals surface area (Å²) in [6, 6.07) is 14.7. The minimum atomic E-state index is -1.11. The highest BCUT2D eigenvalue weighted by Gasteiger charge is 2.26. The highest BCUT2D eigenvalue weighted by atomic mass is 32.2. The standard InChI is InChI=1S/C28H33N3O5S/c1-3-24(37-4-2)21-13-10-19(11-14-21)12-16-25(32)30-22(15-17-26(33)34)28(36)31-23(27(29)35)18-20-8-6-5-7-9-20/h3-11,13-14,22-23H,2,12,15-18H2,1H3,(H2,29,35)(H,30,32)(H,31,36)(H,33,34)/b24-3-/t22?,23-/m0/s1. The molecule has 9 heteroatoms. The van der Waals surface area contributed by atoms with Crippen molar-refractivity contribution in [2.45, 2.75) is 51.1 Å². The molecule has 2 rings (SSSR count). The Morgan fingerprint density at radius 3 is 2.22 bits per heavy atom. The maximum absolute atomic E-state index is 12.9. The molecular formula is C28H33N3O5S. The SMILES string of the molecule is C=CS/C(=C\C)c1ccc(CCC(=O)NC(CCC(=O)O)C(=O)N[C@@H](Cc2ccccc2)C(N)=O)cc1. The second-order valence-corrected chi connectivity index (χ2v) is 9.35. The van der Waals surface area contributed by atoms with Crippen molar-refractivity contribution in [3.63, 3.8) is 0 Å². The van der Waals surface area contributed by atoms with Gasteiger partial charge in [-0.2, -0.15) is 0 Å². The van der Waals surface area contributed by atoms with Gasteiger partial charge in [-0.15, -0.1) is 0 Å². The van der Waals surface area contributed by atoms with Crippen LogP contribution in [0.1, 0.15) is 42.9 Å². The van der Waals surface area contributed by atoms with E-state index in [0.29, 0.717) is 6.42 Å². The predicted octanol–water partition coefficient (Wildman–Crippen LogP) is 3.42. The van der Waals surface area contributed by atoms with Crippen LogP contribution in [0, 0.1) is 0 Å². The number of aryl methyl sites for hydroxylation is 1. The number of aliphatic carboxylic acids is 1. The lowest BCUT2D eigenvalue weighted by Crippen LogP contribution is -2.53. The number of nitrogens with one attached hydrogen (secondary N) is 2. The minimum Gasteiger partial charge on any atom is -0.481 e. The molecule has 0 saturated carbocycles. The number of carbonyl (C=O) groups excluding carboxylic acids is 3. The number of carbonyl (C=O) groups is 4. The molecule has 3 amide bonds. The number of hydrogen-bond acceptors (Lipinski definition) is 5. The molecule has 2 aromatic carbocycles. The number of primary amides is 1. The fourth-order valence-electron chi connectivity index (χ4n) is 3.63. The molecule has 0 aromatic heterocycles. The molecule has 0 radical (unpaired) electrons. The molecule has 37 heavy (non-hydrogen) atoms. The summed E-state index contributed by atoms with van der Waals surface area (Å²) in [5.41, 5.74) is 8.27. The summed E-state index contributed by atoms with van der Waals surface area (Å²) in [5, 5.41) is 16.0. The number of hydrogen-bond donors (Lipinski definition) is 4. The zero-order valence-electron chi connectivity index (χ0n) is 20.8. The van der Waals surface area contributed by atoms with Gasteiger partial charge in [-0.1, -0.05) is 79.0 Å². The van der Waals surface area contributed by atoms with Crippen molar-refractivity contribution in [2.75, 3.05) is 0 Å². The van der Waals surface area contributed by atoms with Crippen LogP contribution < -0.4 is 16.4 Å². The van der Waals surface area contributed by atoms with Crippen LogP contribution in [0.5, 0.6) is 0 Å². The van der Waals surface area contributed by atoms with E-state index >= 15 is 0 Å². The van der Waals surface area contributed by atoms with Gasteiger partial charge in [-0.3, -0.25) is 19.2 Å². The van der Waals surface area contributed by atoms with Crippen molar-refractivity contribution in [3.05, 3.63) is 89.4 Å². The topological polar surface area (TPSA) is 139 Å². The molecule has 0 fully saturated rings. The first-order valence-electron chi connectivity index (χ1n) is 11.9. The fourth-order valence-corrected chi connectivity index (χ4v) is 4.22. The second-order valence-electron chi connectivity index (χ2n) is 8.34. The number of rotatable bonds is 15. The molecule has 5 N–H and O–H groups in total. The molecule has 196 valence electrons. The summed E-state index contributed by atoms with van der Waals surface area (Å²) in [6.45, 7) is 5.69. The Bertz CT molecular complexity index is 1120. The molecule has 0 aliphatic heterocycles. The smallest absolute Gasteiger partial charge is 0.303 e. The molecule has 0 aliphatic carbocycles. The van der Waals surface area contributed by atoms with Crippen molar-refractivity contribution in [1.29, 1.82) is 0 Å². The third kappa shape index (κ3) is 10.3. The molecule has 2 aromatic rings. The molecule has 0 aliphatic rings. The Morgan fingerprint density at radius 2 is 1.65 bits per heavy atom. The van der Waals surface area contributed by atoms with Gasteiger partial charge in [0.1, 0.15) is 12.1 Å². The lowest BCUT2D eigenvalue weighted by molar-refractivity contribution is -0.138. The van der Waals surface area contributed by atoms with Crippen molar-refractivity contribution >= 4 is 40.4 Å². The van der Waals surface area contributed by atoms with E-state index in [2.05, 4.69) is 17.2 Å². The summed E-state index contributed by atoms with van der Waals surface area (Å²) in [7, 11) is 0. The van der Waals surface area contributed by atoms with Gasteiger partial charge in [0.25, 0.3) is 0 Å². The number of carboxylic acids is 1. The minimum absolute atomic E-state index is 0.108. The zero-order valence-corrected chi connectivity index (χ0v) is 21.6. The Hall–Kier alpha value is -3.85. The average molecular weight is 524 g/mol. The quantitative estimate of drug-likeness (QED) is 0.282. The van der Waals surface area contributed by atoms with Crippen molar-refractivity contribution in [1.82, 2.24) is 10.6 Å². The highest BCUT2D eigenvalue weighted by Crippen LogP contribution is 2.28. The summed E-state index contributed by atoms with van der Waals surface area (Å²) in [5.74, 6) is -2.88. The number of thioether (sulfide) groups is 1. The number of nitrogens with two attached hydrogens (primary N) is 1. The van der Waals surface area contributed by atoms with Crippen molar-refractivity contribution in [2.24, 2.45) is 5.73 Å². The van der Waals surface area contributed by atoms with E-state index in [1.807, 2.05) is 43.3 Å². The Kier molecular flexibility index (Phi) is 12.2. The van der Waals surface area contributed by atoms with Crippen molar-refractivity contribution in [3.8, 4) is 0 Å². The van der Waals surface area contributed by atoms with Crippen LogP contribution in [0.25, 0.3) is 4.91 Å². The van der Waals surface area contributed by atoms with Crippen LogP contribution in [0.4, 0.5) is 0 Å². The van der Waals surface area contributed by atoms with Crippen LogP contribution in [0.3, 0.4) is 0 Å². The maximum atomic E-state index is 12.9. The maximum Gasteiger partial charge on any atom is 0.303 e. The van der Waals surface area contributed by atoms with Gasteiger partial charge in [-0.05, 0) is 41.9 Å². The van der Waals surface area contributed by atoms with E-state index in [1.165, 1.54) is 11.8 Å². The number of allylic oxidation sites excluding steroid dienone is 1. The lowest BCUT2D eigenvalue weighted by atomic mass is 10.0. The molecule has 8 nitrogen and oxygen atoms in total. The van der Waals surface area contributed by atoms with Gasteiger partial charge in [0.15, 0.2) is 0 Å². The molecule has 2 atom stereocenters. The van der Waals surface area contributed by atoms with Gasteiger partial charge < -0.3 is 21.5 Å². The molecule has 0 spiro atoms. The van der Waals surface area contributed by atoms with Crippen LogP contribution in [-0.4, -0.2) is 40.9 Å². The van der Waals surface area contributed by atoms with Gasteiger partial charge in [0.2, 0.25) is 17.7 Å². The van der Waals surface area contributed by atoms with Crippen LogP contribution in [-0.2, 0) is 32.0 Å². The largest absolute Gasteiger partial charge is 0.481 e. The lowest BCUT2D eigenvalue weighted by Gasteiger charge is -2.22. The number of benzene rings is 2. The van der Waals surface area contributed by atoms with E-state index in [0.717, 1.165) is 21.6 Å². The summed E-state index contributed by atoms with van der Waals surface area (Å²) in [4.78, 5) is 49.7. The zero-order chi connectivity index (χ0) is 27.2. The van der Waals surface area contributed by atoms with Crippen LogP contribution >= 0.6 is 11.8 Å². The molecule has 0 bridgehead atoms. The molecule has 0 saturated heterocycles. The predicted molar refractivity (Wildman–Crippen MR) is 146 cm³/mol. The second kappa shape index (κ2) is 15.3. The molecule has 0 heterocycles. The normalized spacial score (nSPS) is 12.7. The Labute approximate surface area is 221 Å². The van der Waals surface area contributed by atoms with Crippen LogP contribution in [0.15, 0.2) is 72.7 Å². The van der Waals surface area contributed by atoms with E-state index in [1.54, 1.807) is 29.7 Å². The summed E-state index contributed by atoms with van der Waals surface area (Å²) in [6.07, 6.45) is 2.28. The van der Waals surface area contributed by atoms with Crippen LogP contribution in [0.2, 0.25) is 0 Å². The Balaban J connectivity index is 2.00. The third-order valence-electron chi connectivity index (χ3n) is 5.59. The first-order valence-corrected chi connectivity index (χ1v) is 12.8. The summed E-state index contributed by atoms with van der Waals surface area (Å²) < 4.78 is 0. The summed E-state index contributed by atoms with van der Waals surface area (Å²) >= 11 is 1.53. The third-order valence-corrected chi connectivity index (χ3v) is 6.48. The monoisotopic (exact) mass is 523 g/mol. The van der Waals surface area contributed by atoms with E-state index < -0.39 is 35.8 Å². The fraction of sp³-hybridized carbons (Fsp3) is 0.286. The highest BCUT2D eigenvalue weighted by molar-refractivity contribution is 8.10. The average Bonchev–Trinajstić information content (AvgIpc) is 2.88. The number of amides is 3. The molecule has 1 unspecified atom stereocenters. The van der Waals surface area contributed by atoms with E-state index in [4.69, 9.17) is 10.8 Å². The van der Waals surface area contributed by atoms with E-state index in [9.17, 15) is 19.2 Å². The Morgan fingerprint density at radius 1 is 0.973 bits per heavy atom. The first-order chi connectivity index (χ1) is 17.7.